The van der Waals surface area contributed by atoms with Crippen LogP contribution in [0, 0.1) is 30.3 Å². The van der Waals surface area contributed by atoms with Gasteiger partial charge in [0.1, 0.15) is 0 Å². The van der Waals surface area contributed by atoms with Gasteiger partial charge in [-0.05, 0) is 60.7 Å². The Morgan fingerprint density at radius 1 is 0.238 bits per heavy atom. The maximum atomic E-state index is 10.7. The molecule has 0 amide bonds. The van der Waals surface area contributed by atoms with Gasteiger partial charge in [-0.3, -0.25) is 54.4 Å². The van der Waals surface area contributed by atoms with Crippen molar-refractivity contribution >= 4 is 93.6 Å². The number of halogens is 4. The van der Waals surface area contributed by atoms with Crippen molar-refractivity contribution in [1.82, 2.24) is 49.8 Å². The smallest absolute Gasteiger partial charge is 0.154 e. The first-order valence-electron chi connectivity index (χ1n) is 43.3. The largest absolute Gasteiger partial charge is 0.295 e. The molecular formula is C117H86BF3IN10Ni5O3SSeSi-5. The molecule has 0 fully saturated rings. The van der Waals surface area contributed by atoms with Gasteiger partial charge < -0.3 is 0 Å². The van der Waals surface area contributed by atoms with Gasteiger partial charge >= 0.3 is 99.2 Å². The number of pyridine rings is 10. The Morgan fingerprint density at radius 2 is 0.378 bits per heavy atom. The van der Waals surface area contributed by atoms with Crippen molar-refractivity contribution in [1.29, 1.82) is 0 Å². The molecule has 724 valence electrons. The number of benzene rings is 11. The maximum absolute atomic E-state index is 10.7. The number of aromatic nitrogens is 10. The van der Waals surface area contributed by atoms with Gasteiger partial charge in [-0.15, -0.1) is 121 Å². The molecule has 3 radical (unpaired) electrons. The molecule has 10 aromatic heterocycles. The van der Waals surface area contributed by atoms with Crippen LogP contribution in [0.3, 0.4) is 0 Å². The molecule has 0 atom stereocenters. The van der Waals surface area contributed by atoms with Gasteiger partial charge in [0.15, 0.2) is 16.1 Å². The van der Waals surface area contributed by atoms with Gasteiger partial charge in [-0.25, -0.2) is 0 Å². The molecule has 11 aromatic carbocycles. The van der Waals surface area contributed by atoms with Crippen LogP contribution in [-0.4, -0.2) is 100 Å². The summed E-state index contributed by atoms with van der Waals surface area (Å²) in [5, 5.41) is 4.31. The van der Waals surface area contributed by atoms with E-state index in [9.17, 15) is 13.2 Å². The van der Waals surface area contributed by atoms with Gasteiger partial charge in [-0.1, -0.05) is 355 Å². The third-order valence-electron chi connectivity index (χ3n) is 19.5. The van der Waals surface area contributed by atoms with Crippen LogP contribution >= 0.6 is 20.5 Å². The van der Waals surface area contributed by atoms with Crippen molar-refractivity contribution in [2.75, 3.05) is 0 Å². The fourth-order valence-electron chi connectivity index (χ4n) is 13.1. The van der Waals surface area contributed by atoms with E-state index >= 15 is 0 Å². The summed E-state index contributed by atoms with van der Waals surface area (Å²) in [6.45, 7) is 0. The summed E-state index contributed by atoms with van der Waals surface area (Å²) < 4.78 is 58.7. The molecule has 0 saturated carbocycles. The topological polar surface area (TPSA) is 183 Å². The van der Waals surface area contributed by atoms with E-state index in [1.54, 1.807) is 82.5 Å². The van der Waals surface area contributed by atoms with Gasteiger partial charge in [0.25, 0.3) is 0 Å². The van der Waals surface area contributed by atoms with E-state index in [1.165, 1.54) is 30.9 Å². The molecule has 21 aromatic rings. The molecule has 0 bridgehead atoms. The van der Waals surface area contributed by atoms with Crippen LogP contribution < -0.4 is 30.9 Å². The summed E-state index contributed by atoms with van der Waals surface area (Å²) in [6.07, 6.45) is 17.9. The first-order chi connectivity index (χ1) is 68.2. The first kappa shape index (κ1) is 115. The van der Waals surface area contributed by atoms with E-state index in [2.05, 4.69) is 255 Å². The molecule has 21 rings (SSSR count). The zero-order chi connectivity index (χ0) is 97.0. The molecular weight excluding hydrogens is 2220 g/mol. The van der Waals surface area contributed by atoms with Crippen LogP contribution in [0.4, 0.5) is 13.2 Å². The number of rotatable bonds is 15. The fraction of sp³-hybridized carbons (Fsp3) is 0.00855. The Kier molecular flexibility index (Phi) is 51.6. The summed E-state index contributed by atoms with van der Waals surface area (Å²) in [7, 11) is -4.55. The average molecular weight is 2310 g/mol. The van der Waals surface area contributed by atoms with Crippen LogP contribution in [0.2, 0.25) is 0 Å². The summed E-state index contributed by atoms with van der Waals surface area (Å²) in [5.41, 5.74) is 16.1. The number of hydrogen-bond acceptors (Lipinski definition) is 12. The fourth-order valence-corrected chi connectivity index (χ4v) is 16.0. The molecule has 0 unspecified atom stereocenters. The van der Waals surface area contributed by atoms with E-state index in [4.69, 9.17) is 13.0 Å². The molecule has 0 saturated heterocycles. The van der Waals surface area contributed by atoms with Crippen molar-refractivity contribution in [2.45, 2.75) is 5.51 Å². The molecule has 1 N–H and O–H groups in total. The predicted molar refractivity (Wildman–Crippen MR) is 564 cm³/mol. The van der Waals surface area contributed by atoms with Gasteiger partial charge in [0.2, 0.25) is 0 Å². The normalized spacial score (nSPS) is 9.96. The Morgan fingerprint density at radius 3 is 0.503 bits per heavy atom. The summed E-state index contributed by atoms with van der Waals surface area (Å²) in [4.78, 5) is 43.3. The second kappa shape index (κ2) is 64.2. The molecule has 0 aliphatic rings. The maximum Gasteiger partial charge on any atom is 0.154 e. The molecule has 143 heavy (non-hydrogen) atoms. The van der Waals surface area contributed by atoms with Crippen molar-refractivity contribution in [3.63, 3.8) is 0 Å². The number of alkyl halides is 3. The minimum atomic E-state index is -5.84. The zero-order valence-corrected chi connectivity index (χ0v) is 86.4. The molecule has 0 aliphatic heterocycles. The molecule has 26 heteroatoms. The molecule has 13 nitrogen and oxygen atoms in total. The Bertz CT molecular complexity index is 6100. The minimum absolute atomic E-state index is 0. The SMILES string of the molecule is O=S(=O)(O)C(F)(F)F.[B](c1ccccc1)c1ccccc1.[Ni].[Ni].[Ni].[Ni].[Ni][I].[Se]c1ccccc1.[c-]1c(-c2ccccn2)cccc1-c1ccccn1.[c-]1c(-c2ccccn2)cccc1-c1ccccn1.[c-]1c(-c2ccccn2)cccc1-c1ccccn1.[c-]1c(-c2ccccn2)cccc1-c1ccccn1.[c-]1c(-c2ccccn2)cccc1-c1ccccn1.c1ccc([Si](c2ccccc2)c2ccccc2)cc1. The van der Waals surface area contributed by atoms with E-state index in [1.807, 2.05) is 315 Å². The standard InChI is InChI=1S/C18H15Si.5C16H11N2.C12H10B.C6H5Se.CHF3O3S.HI.5Ni/c1-4-10-16(11-5-1)19(17-12-6-2-7-13-17)18-14-8-3-9-15-18;5*1-3-10-17-15(8-1)13-6-5-7-14(12-13)16-9-2-4-11-18-16;1-3-7-11(8-4-1)13-12-9-5-2-6-10-12;7-6-4-2-1-3-5-6;2-1(3,4)8(5,6)7;;;;;;/h1-15H;5*1-11H;1-10H;1-5H;(H,5,6,7);1H;;;;;/q;5*-1;;;;;;;;;+1/p-1. The second-order valence-electron chi connectivity index (χ2n) is 29.2. The quantitative estimate of drug-likeness (QED) is 0.0256. The van der Waals surface area contributed by atoms with Gasteiger partial charge in [0, 0.05) is 185 Å². The van der Waals surface area contributed by atoms with Crippen molar-refractivity contribution in [2.24, 2.45) is 0 Å². The van der Waals surface area contributed by atoms with Crippen molar-refractivity contribution in [3.8, 4) is 113 Å². The van der Waals surface area contributed by atoms with Crippen molar-refractivity contribution in [3.05, 3.63) is 547 Å². The Hall–Kier alpha value is -13.4. The monoisotopic (exact) mass is 2300 g/mol. The molecule has 10 heterocycles. The first-order valence-corrected chi connectivity index (χ1v) is 50.3. The zero-order valence-electron chi connectivity index (χ0n) is 75.8. The third kappa shape index (κ3) is 39.1. The van der Waals surface area contributed by atoms with Gasteiger partial charge in [-0.2, -0.15) is 21.6 Å². The summed E-state index contributed by atoms with van der Waals surface area (Å²) in [5.74, 6) is 0. The van der Waals surface area contributed by atoms with Crippen LogP contribution in [0.15, 0.2) is 517 Å². The van der Waals surface area contributed by atoms with E-state index in [0.717, 1.165) is 113 Å². The second-order valence-corrected chi connectivity index (χ2v) is 34.1. The Labute approximate surface area is 904 Å². The Balaban J connectivity index is 0.000000198. The van der Waals surface area contributed by atoms with Crippen LogP contribution in [0.1, 0.15) is 0 Å². The average Bonchev–Trinajstić information content (AvgIpc) is 0.797. The number of hydrogen-bond donors (Lipinski definition) is 1. The summed E-state index contributed by atoms with van der Waals surface area (Å²) >= 11 is 8.52. The van der Waals surface area contributed by atoms with E-state index in [0.29, 0.717) is 0 Å². The van der Waals surface area contributed by atoms with Crippen LogP contribution in [0.25, 0.3) is 113 Å². The van der Waals surface area contributed by atoms with Gasteiger partial charge in [0.05, 0.1) is 0 Å². The van der Waals surface area contributed by atoms with Crippen molar-refractivity contribution < 1.29 is 104 Å². The van der Waals surface area contributed by atoms with Crippen LogP contribution in [0.5, 0.6) is 0 Å². The van der Waals surface area contributed by atoms with E-state index in [-0.39, 0.29) is 66.0 Å². The molecule has 0 spiro atoms. The number of nitrogens with zero attached hydrogens (tertiary/aromatic N) is 10. The summed E-state index contributed by atoms with van der Waals surface area (Å²) in [6, 6.07) is 169. The predicted octanol–water partition coefficient (Wildman–Crippen LogP) is 23.3. The van der Waals surface area contributed by atoms with E-state index < -0.39 is 24.4 Å². The minimum Gasteiger partial charge on any atom is -0.295 e. The van der Waals surface area contributed by atoms with Crippen LogP contribution in [-0.2, 0) is 88.4 Å². The molecule has 0 aliphatic carbocycles. The third-order valence-corrected chi connectivity index (χ3v) is 23.4.